The Labute approximate surface area is 197 Å². The summed E-state index contributed by atoms with van der Waals surface area (Å²) in [6, 6.07) is 15.3. The Morgan fingerprint density at radius 3 is 2.58 bits per heavy atom. The van der Waals surface area contributed by atoms with Crippen molar-refractivity contribution in [1.29, 1.82) is 0 Å². The van der Waals surface area contributed by atoms with Crippen LogP contribution >= 0.6 is 11.8 Å². The number of aromatic nitrogens is 2. The van der Waals surface area contributed by atoms with Crippen LogP contribution in [0.25, 0.3) is 6.08 Å². The van der Waals surface area contributed by atoms with Gasteiger partial charge in [-0.05, 0) is 56.2 Å². The summed E-state index contributed by atoms with van der Waals surface area (Å²) in [5, 5.41) is 7.75. The van der Waals surface area contributed by atoms with Crippen molar-refractivity contribution in [2.75, 3.05) is 16.0 Å². The van der Waals surface area contributed by atoms with Crippen molar-refractivity contribution in [2.24, 2.45) is 12.0 Å². The Bertz CT molecular complexity index is 1280. The number of nitrogens with zero attached hydrogens (tertiary/aromatic N) is 4. The number of carbonyl (C=O) groups is 2. The Hall–Kier alpha value is -3.65. The lowest BCUT2D eigenvalue weighted by molar-refractivity contribution is -0.114. The van der Waals surface area contributed by atoms with Crippen LogP contribution in [0.15, 0.2) is 65.4 Å². The Balaban J connectivity index is 1.57. The molecule has 0 spiro atoms. The molecule has 2 aromatic carbocycles. The highest BCUT2D eigenvalue weighted by Gasteiger charge is 2.32. The molecule has 168 valence electrons. The summed E-state index contributed by atoms with van der Waals surface area (Å²) < 4.78 is 1.70. The molecular weight excluding hydrogens is 434 g/mol. The second-order valence-corrected chi connectivity index (χ2v) is 8.84. The Morgan fingerprint density at radius 2 is 1.88 bits per heavy atom. The molecule has 1 aliphatic rings. The zero-order valence-corrected chi connectivity index (χ0v) is 19.8. The van der Waals surface area contributed by atoms with E-state index in [-0.39, 0.29) is 17.6 Å². The number of nitrogens with one attached hydrogen (secondary N) is 1. The van der Waals surface area contributed by atoms with Crippen molar-refractivity contribution >= 4 is 46.2 Å². The number of amides is 2. The van der Waals surface area contributed by atoms with Crippen LogP contribution in [0.1, 0.15) is 22.4 Å². The first-order valence-corrected chi connectivity index (χ1v) is 11.5. The summed E-state index contributed by atoms with van der Waals surface area (Å²) in [6.07, 6.45) is 3.59. The summed E-state index contributed by atoms with van der Waals surface area (Å²) in [7, 11) is 1.83. The Kier molecular flexibility index (Phi) is 6.46. The lowest BCUT2D eigenvalue weighted by Gasteiger charge is -2.17. The van der Waals surface area contributed by atoms with Crippen LogP contribution in [-0.2, 0) is 16.6 Å². The molecule has 7 nitrogen and oxygen atoms in total. The number of hydrogen-bond acceptors (Lipinski definition) is 5. The molecule has 0 bridgehead atoms. The normalized spacial score (nSPS) is 14.7. The maximum atomic E-state index is 13.3. The van der Waals surface area contributed by atoms with Gasteiger partial charge in [-0.1, -0.05) is 42.1 Å². The van der Waals surface area contributed by atoms with Crippen molar-refractivity contribution < 1.29 is 9.59 Å². The van der Waals surface area contributed by atoms with Crippen LogP contribution in [0, 0.1) is 20.8 Å². The van der Waals surface area contributed by atoms with Crippen molar-refractivity contribution in [1.82, 2.24) is 9.78 Å². The van der Waals surface area contributed by atoms with Crippen molar-refractivity contribution in [2.45, 2.75) is 20.8 Å². The minimum atomic E-state index is -0.234. The van der Waals surface area contributed by atoms with E-state index in [1.165, 1.54) is 11.8 Å². The van der Waals surface area contributed by atoms with Gasteiger partial charge in [0.25, 0.3) is 5.91 Å². The minimum Gasteiger partial charge on any atom is -0.325 e. The SMILES string of the molecule is Cc1ccc(C)c(NC(=O)CSC2=N/C(=C/c3cn(C)nc3C)C(=O)N2c2ccccc2)c1. The predicted octanol–water partition coefficient (Wildman–Crippen LogP) is 4.46. The molecule has 0 saturated carbocycles. The smallest absolute Gasteiger partial charge is 0.283 e. The number of para-hydroxylation sites is 1. The van der Waals surface area contributed by atoms with Gasteiger partial charge >= 0.3 is 0 Å². The molecule has 0 unspecified atom stereocenters. The second-order valence-electron chi connectivity index (χ2n) is 7.90. The van der Waals surface area contributed by atoms with Crippen LogP contribution in [0.5, 0.6) is 0 Å². The molecule has 3 aromatic rings. The third kappa shape index (κ3) is 5.06. The summed E-state index contributed by atoms with van der Waals surface area (Å²) in [4.78, 5) is 32.1. The number of aryl methyl sites for hydroxylation is 4. The highest BCUT2D eigenvalue weighted by molar-refractivity contribution is 8.14. The van der Waals surface area contributed by atoms with Gasteiger partial charge < -0.3 is 5.32 Å². The molecule has 33 heavy (non-hydrogen) atoms. The summed E-state index contributed by atoms with van der Waals surface area (Å²) in [5.74, 6) is -0.263. The van der Waals surface area contributed by atoms with E-state index in [1.807, 2.05) is 82.5 Å². The molecule has 4 rings (SSSR count). The number of anilines is 2. The number of hydrogen-bond donors (Lipinski definition) is 1. The number of aliphatic imine (C=N–C) groups is 1. The number of thioether (sulfide) groups is 1. The molecule has 1 aliphatic heterocycles. The van der Waals surface area contributed by atoms with Crippen molar-refractivity contribution in [3.8, 4) is 0 Å². The van der Waals surface area contributed by atoms with Gasteiger partial charge in [0.05, 0.1) is 17.1 Å². The first kappa shape index (κ1) is 22.5. The number of benzene rings is 2. The molecule has 8 heteroatoms. The third-order valence-corrected chi connectivity index (χ3v) is 6.13. The van der Waals surface area contributed by atoms with Gasteiger partial charge in [0.15, 0.2) is 5.17 Å². The summed E-state index contributed by atoms with van der Waals surface area (Å²) >= 11 is 1.23. The highest BCUT2D eigenvalue weighted by Crippen LogP contribution is 2.29. The monoisotopic (exact) mass is 459 g/mol. The fourth-order valence-electron chi connectivity index (χ4n) is 3.49. The number of amidine groups is 1. The van der Waals surface area contributed by atoms with Gasteiger partial charge in [0.1, 0.15) is 5.70 Å². The van der Waals surface area contributed by atoms with Gasteiger partial charge in [0.2, 0.25) is 5.91 Å². The van der Waals surface area contributed by atoms with E-state index in [1.54, 1.807) is 15.7 Å². The van der Waals surface area contributed by atoms with E-state index in [0.717, 1.165) is 28.1 Å². The van der Waals surface area contributed by atoms with Gasteiger partial charge in [-0.25, -0.2) is 4.99 Å². The average Bonchev–Trinajstić information content (AvgIpc) is 3.27. The van der Waals surface area contributed by atoms with E-state index in [0.29, 0.717) is 16.6 Å². The lowest BCUT2D eigenvalue weighted by Crippen LogP contribution is -2.31. The molecule has 0 atom stereocenters. The molecule has 0 saturated heterocycles. The van der Waals surface area contributed by atoms with Crippen molar-refractivity contribution in [3.63, 3.8) is 0 Å². The summed E-state index contributed by atoms with van der Waals surface area (Å²) in [6.45, 7) is 5.83. The van der Waals surface area contributed by atoms with Gasteiger partial charge in [-0.2, -0.15) is 5.10 Å². The largest absolute Gasteiger partial charge is 0.325 e. The maximum Gasteiger partial charge on any atom is 0.283 e. The van der Waals surface area contributed by atoms with Crippen LogP contribution in [0.4, 0.5) is 11.4 Å². The Morgan fingerprint density at radius 1 is 1.12 bits per heavy atom. The third-order valence-electron chi connectivity index (χ3n) is 5.19. The molecule has 0 fully saturated rings. The topological polar surface area (TPSA) is 79.6 Å². The first-order chi connectivity index (χ1) is 15.8. The fraction of sp³-hybridized carbons (Fsp3) is 0.200. The van der Waals surface area contributed by atoms with Gasteiger partial charge in [0, 0.05) is 24.5 Å². The number of rotatable bonds is 5. The second kappa shape index (κ2) is 9.46. The van der Waals surface area contributed by atoms with Crippen molar-refractivity contribution in [3.05, 3.63) is 82.8 Å². The predicted molar refractivity (Wildman–Crippen MR) is 134 cm³/mol. The highest BCUT2D eigenvalue weighted by atomic mass is 32.2. The molecule has 2 amide bonds. The first-order valence-electron chi connectivity index (χ1n) is 10.5. The zero-order chi connectivity index (χ0) is 23.5. The standard InChI is InChI=1S/C25H25N5O2S/c1-16-10-11-17(2)21(12-16)26-23(31)15-33-25-27-22(13-19-14-29(4)28-18(19)3)24(32)30(25)20-8-6-5-7-9-20/h5-14H,15H2,1-4H3,(H,26,31)/b22-13+. The number of carbonyl (C=O) groups excluding carboxylic acids is 2. The van der Waals surface area contributed by atoms with E-state index >= 15 is 0 Å². The molecule has 2 heterocycles. The molecular formula is C25H25N5O2S. The van der Waals surface area contributed by atoms with Gasteiger partial charge in [-0.15, -0.1) is 0 Å². The molecule has 1 N–H and O–H groups in total. The molecule has 0 aliphatic carbocycles. The average molecular weight is 460 g/mol. The lowest BCUT2D eigenvalue weighted by atomic mass is 10.1. The van der Waals surface area contributed by atoms with Gasteiger partial charge in [-0.3, -0.25) is 19.2 Å². The van der Waals surface area contributed by atoms with Crippen LogP contribution in [-0.4, -0.2) is 32.5 Å². The van der Waals surface area contributed by atoms with Crippen LogP contribution in [0.2, 0.25) is 0 Å². The van der Waals surface area contributed by atoms with Crippen LogP contribution < -0.4 is 10.2 Å². The molecule has 0 radical (unpaired) electrons. The fourth-order valence-corrected chi connectivity index (χ4v) is 4.30. The van der Waals surface area contributed by atoms with E-state index < -0.39 is 0 Å². The minimum absolute atomic E-state index is 0.127. The maximum absolute atomic E-state index is 13.3. The van der Waals surface area contributed by atoms with E-state index in [2.05, 4.69) is 15.4 Å². The summed E-state index contributed by atoms with van der Waals surface area (Å²) in [5.41, 5.74) is 5.52. The molecule has 1 aromatic heterocycles. The van der Waals surface area contributed by atoms with E-state index in [4.69, 9.17) is 0 Å². The van der Waals surface area contributed by atoms with Crippen LogP contribution in [0.3, 0.4) is 0 Å². The van der Waals surface area contributed by atoms with E-state index in [9.17, 15) is 9.59 Å². The quantitative estimate of drug-likeness (QED) is 0.572. The zero-order valence-electron chi connectivity index (χ0n) is 19.0.